The van der Waals surface area contributed by atoms with Gasteiger partial charge in [0.15, 0.2) is 0 Å². The maximum Gasteiger partial charge on any atom is 0.335 e. The van der Waals surface area contributed by atoms with Gasteiger partial charge >= 0.3 is 6.03 Å². The summed E-state index contributed by atoms with van der Waals surface area (Å²) in [7, 11) is 0. The number of anilines is 2. The molecule has 37 heavy (non-hydrogen) atoms. The first kappa shape index (κ1) is 24.0. The van der Waals surface area contributed by atoms with Gasteiger partial charge in [-0.05, 0) is 60.7 Å². The molecule has 1 aromatic heterocycles. The van der Waals surface area contributed by atoms with Crippen LogP contribution in [0.1, 0.15) is 5.56 Å². The number of carbonyl (C=O) groups excluding carboxylic acids is 4. The van der Waals surface area contributed by atoms with Crippen LogP contribution in [0, 0.1) is 5.82 Å². The highest BCUT2D eigenvalue weighted by atomic mass is 35.5. The highest BCUT2D eigenvalue weighted by molar-refractivity contribution is 6.39. The zero-order chi connectivity index (χ0) is 26.1. The first-order valence-corrected chi connectivity index (χ1v) is 11.5. The predicted molar refractivity (Wildman–Crippen MR) is 137 cm³/mol. The van der Waals surface area contributed by atoms with Crippen molar-refractivity contribution in [3.8, 4) is 0 Å². The van der Waals surface area contributed by atoms with E-state index in [0.717, 1.165) is 4.90 Å². The second-order valence-electron chi connectivity index (χ2n) is 8.22. The molecule has 8 nitrogen and oxygen atoms in total. The van der Waals surface area contributed by atoms with Crippen molar-refractivity contribution in [2.75, 3.05) is 10.2 Å². The van der Waals surface area contributed by atoms with E-state index in [-0.39, 0.29) is 23.7 Å². The van der Waals surface area contributed by atoms with Gasteiger partial charge in [-0.15, -0.1) is 0 Å². The van der Waals surface area contributed by atoms with Gasteiger partial charge in [0.25, 0.3) is 11.8 Å². The Morgan fingerprint density at radius 3 is 2.41 bits per heavy atom. The number of benzene rings is 3. The topological polar surface area (TPSA) is 101 Å². The highest BCUT2D eigenvalue weighted by Gasteiger charge is 2.37. The lowest BCUT2D eigenvalue weighted by atomic mass is 10.1. The monoisotopic (exact) mass is 516 g/mol. The molecule has 0 aliphatic carbocycles. The normalized spacial score (nSPS) is 14.8. The van der Waals surface area contributed by atoms with Crippen LogP contribution in [-0.4, -0.2) is 28.3 Å². The van der Waals surface area contributed by atoms with E-state index in [9.17, 15) is 23.6 Å². The summed E-state index contributed by atoms with van der Waals surface area (Å²) in [6.45, 7) is -0.0728. The summed E-state index contributed by atoms with van der Waals surface area (Å²) < 4.78 is 14.8. The van der Waals surface area contributed by atoms with Crippen LogP contribution in [0.5, 0.6) is 0 Å². The zero-order valence-corrected chi connectivity index (χ0v) is 19.8. The van der Waals surface area contributed by atoms with Gasteiger partial charge in [-0.1, -0.05) is 29.8 Å². The smallest absolute Gasteiger partial charge is 0.335 e. The van der Waals surface area contributed by atoms with Crippen LogP contribution in [0.15, 0.2) is 84.6 Å². The number of urea groups is 1. The number of aromatic nitrogens is 1. The molecule has 1 aliphatic heterocycles. The van der Waals surface area contributed by atoms with Crippen molar-refractivity contribution in [3.05, 3.63) is 101 Å². The number of imide groups is 2. The fraction of sp³-hybridized carbons (Fsp3) is 0.0370. The number of nitrogens with one attached hydrogen (secondary N) is 2. The third kappa shape index (κ3) is 4.85. The van der Waals surface area contributed by atoms with Gasteiger partial charge < -0.3 is 9.88 Å². The van der Waals surface area contributed by atoms with Crippen LogP contribution in [0.3, 0.4) is 0 Å². The highest BCUT2D eigenvalue weighted by Crippen LogP contribution is 2.27. The molecule has 2 heterocycles. The van der Waals surface area contributed by atoms with E-state index in [1.54, 1.807) is 35.0 Å². The lowest BCUT2D eigenvalue weighted by Gasteiger charge is -2.26. The molecule has 5 rings (SSSR count). The summed E-state index contributed by atoms with van der Waals surface area (Å²) in [5.74, 6) is -2.38. The Morgan fingerprint density at radius 1 is 0.973 bits per heavy atom. The van der Waals surface area contributed by atoms with Crippen molar-refractivity contribution in [1.29, 1.82) is 0 Å². The molecule has 5 amide bonds. The molecule has 0 bridgehead atoms. The molecule has 4 aromatic rings. The molecular formula is C27H18ClFN4O4. The van der Waals surface area contributed by atoms with Crippen molar-refractivity contribution >= 4 is 63.7 Å². The average molecular weight is 517 g/mol. The Bertz CT molecular complexity index is 1590. The lowest BCUT2D eigenvalue weighted by molar-refractivity contribution is -0.122. The van der Waals surface area contributed by atoms with Crippen LogP contribution in [-0.2, 0) is 20.9 Å². The number of para-hydroxylation sites is 1. The Kier molecular flexibility index (Phi) is 6.29. The fourth-order valence-corrected chi connectivity index (χ4v) is 4.17. The van der Waals surface area contributed by atoms with Crippen molar-refractivity contribution in [1.82, 2.24) is 9.88 Å². The van der Waals surface area contributed by atoms with Gasteiger partial charge in [-0.3, -0.25) is 19.7 Å². The minimum absolute atomic E-state index is 0.0728. The minimum atomic E-state index is -0.866. The number of nitrogens with zero attached hydrogens (tertiary/aromatic N) is 2. The molecule has 0 unspecified atom stereocenters. The number of fused-ring (bicyclic) bond motifs is 1. The van der Waals surface area contributed by atoms with Gasteiger partial charge in [0.05, 0.1) is 5.69 Å². The predicted octanol–water partition coefficient (Wildman–Crippen LogP) is 4.74. The van der Waals surface area contributed by atoms with Crippen LogP contribution in [0.4, 0.5) is 20.6 Å². The maximum absolute atomic E-state index is 13.2. The number of hydrogen-bond acceptors (Lipinski definition) is 4. The Morgan fingerprint density at radius 2 is 1.68 bits per heavy atom. The van der Waals surface area contributed by atoms with E-state index >= 15 is 0 Å². The van der Waals surface area contributed by atoms with Crippen LogP contribution < -0.4 is 15.5 Å². The number of rotatable bonds is 5. The third-order valence-electron chi connectivity index (χ3n) is 5.75. The average Bonchev–Trinajstić information content (AvgIpc) is 3.21. The summed E-state index contributed by atoms with van der Waals surface area (Å²) in [5.41, 5.74) is 1.66. The van der Waals surface area contributed by atoms with Crippen LogP contribution >= 0.6 is 11.6 Å². The minimum Gasteiger partial charge on any atom is -0.337 e. The molecule has 1 fully saturated rings. The van der Waals surface area contributed by atoms with E-state index in [0.29, 0.717) is 27.2 Å². The molecule has 184 valence electrons. The van der Waals surface area contributed by atoms with Crippen LogP contribution in [0.2, 0.25) is 5.02 Å². The van der Waals surface area contributed by atoms with Crippen molar-refractivity contribution in [3.63, 3.8) is 0 Å². The first-order chi connectivity index (χ1) is 17.8. The molecule has 1 saturated heterocycles. The molecule has 3 aromatic carbocycles. The summed E-state index contributed by atoms with van der Waals surface area (Å²) in [5, 5.41) is 6.02. The van der Waals surface area contributed by atoms with Gasteiger partial charge in [0.2, 0.25) is 5.91 Å². The Labute approximate surface area is 214 Å². The fourth-order valence-electron chi connectivity index (χ4n) is 4.05. The first-order valence-electron chi connectivity index (χ1n) is 11.1. The van der Waals surface area contributed by atoms with Gasteiger partial charge in [0.1, 0.15) is 17.9 Å². The van der Waals surface area contributed by atoms with Gasteiger partial charge in [0, 0.05) is 33.4 Å². The number of amides is 5. The second kappa shape index (κ2) is 9.71. The van der Waals surface area contributed by atoms with Gasteiger partial charge in [-0.2, -0.15) is 0 Å². The van der Waals surface area contributed by atoms with Crippen molar-refractivity contribution < 1.29 is 23.6 Å². The van der Waals surface area contributed by atoms with E-state index in [1.165, 1.54) is 54.6 Å². The lowest BCUT2D eigenvalue weighted by Crippen LogP contribution is -2.54. The molecule has 0 spiro atoms. The number of barbiturate groups is 1. The quantitative estimate of drug-likeness (QED) is 0.295. The summed E-state index contributed by atoms with van der Waals surface area (Å²) >= 11 is 5.91. The SMILES string of the molecule is O=C(Cn1cc(/C=C2\C(=O)NC(=O)N(c3ccc(Cl)cc3)C2=O)c2ccccc21)Nc1ccc(F)cc1. The molecule has 2 N–H and O–H groups in total. The van der Waals surface area contributed by atoms with Crippen LogP contribution in [0.25, 0.3) is 17.0 Å². The number of hydrogen-bond donors (Lipinski definition) is 2. The Hall–Kier alpha value is -4.76. The van der Waals surface area contributed by atoms with E-state index < -0.39 is 23.7 Å². The van der Waals surface area contributed by atoms with E-state index in [1.807, 2.05) is 0 Å². The Balaban J connectivity index is 1.47. The molecule has 0 radical (unpaired) electrons. The second-order valence-corrected chi connectivity index (χ2v) is 8.66. The summed E-state index contributed by atoms with van der Waals surface area (Å²) in [6, 6.07) is 17.8. The maximum atomic E-state index is 13.2. The molecule has 1 aliphatic rings. The summed E-state index contributed by atoms with van der Waals surface area (Å²) in [6.07, 6.45) is 3.04. The molecule has 0 saturated carbocycles. The molecular weight excluding hydrogens is 499 g/mol. The number of carbonyl (C=O) groups is 4. The summed E-state index contributed by atoms with van der Waals surface area (Å²) in [4.78, 5) is 51.8. The largest absolute Gasteiger partial charge is 0.337 e. The standard InChI is InChI=1S/C27H18ClFN4O4/c28-17-5-11-20(12-6-17)33-26(36)22(25(35)31-27(33)37)13-16-14-32(23-4-2-1-3-21(16)23)15-24(34)30-19-9-7-18(29)8-10-19/h1-14H,15H2,(H,30,34)(H,31,35,37)/b22-13+. The van der Waals surface area contributed by atoms with E-state index in [2.05, 4.69) is 10.6 Å². The van der Waals surface area contributed by atoms with Crippen molar-refractivity contribution in [2.24, 2.45) is 0 Å². The molecule has 0 atom stereocenters. The van der Waals surface area contributed by atoms with Gasteiger partial charge in [-0.25, -0.2) is 14.1 Å². The third-order valence-corrected chi connectivity index (χ3v) is 6.00. The molecule has 10 heteroatoms. The number of halogens is 2. The van der Waals surface area contributed by atoms with E-state index in [4.69, 9.17) is 11.6 Å². The zero-order valence-electron chi connectivity index (χ0n) is 19.1. The van der Waals surface area contributed by atoms with Crippen molar-refractivity contribution in [2.45, 2.75) is 6.54 Å².